The number of imide groups is 1. The zero-order valence-corrected chi connectivity index (χ0v) is 19.4. The smallest absolute Gasteiger partial charge is 0.323 e. The molecule has 0 bridgehead atoms. The maximum Gasteiger partial charge on any atom is 0.326 e. The molecule has 1 spiro atoms. The Kier molecular flexibility index (Phi) is 6.12. The summed E-state index contributed by atoms with van der Waals surface area (Å²) in [5, 5.41) is 2.96. The van der Waals surface area contributed by atoms with Gasteiger partial charge >= 0.3 is 6.03 Å². The Balaban J connectivity index is 1.38. The second-order valence-electron chi connectivity index (χ2n) is 9.03. The molecule has 32 heavy (non-hydrogen) atoms. The van der Waals surface area contributed by atoms with Gasteiger partial charge in [-0.1, -0.05) is 31.9 Å². The van der Waals surface area contributed by atoms with Gasteiger partial charge in [0.25, 0.3) is 5.91 Å². The Hall–Kier alpha value is -2.30. The van der Waals surface area contributed by atoms with Gasteiger partial charge in [0.15, 0.2) is 5.78 Å². The van der Waals surface area contributed by atoms with Gasteiger partial charge in [-0.15, -0.1) is 0 Å². The van der Waals surface area contributed by atoms with E-state index in [2.05, 4.69) is 5.32 Å². The number of benzene rings is 1. The Morgan fingerprint density at radius 2 is 1.75 bits per heavy atom. The summed E-state index contributed by atoms with van der Waals surface area (Å²) in [6, 6.07) is 5.59. The fourth-order valence-corrected chi connectivity index (χ4v) is 6.37. The van der Waals surface area contributed by atoms with Crippen molar-refractivity contribution in [2.75, 3.05) is 32.8 Å². The van der Waals surface area contributed by atoms with Crippen LogP contribution in [0.4, 0.5) is 4.79 Å². The van der Waals surface area contributed by atoms with E-state index in [-0.39, 0.29) is 48.3 Å². The zero-order valence-electron chi connectivity index (χ0n) is 18.5. The van der Waals surface area contributed by atoms with E-state index in [1.807, 2.05) is 11.8 Å². The minimum Gasteiger partial charge on any atom is -0.323 e. The monoisotopic (exact) mass is 462 g/mol. The van der Waals surface area contributed by atoms with Crippen LogP contribution in [0.15, 0.2) is 29.2 Å². The van der Waals surface area contributed by atoms with E-state index >= 15 is 0 Å². The number of hydrogen-bond donors (Lipinski definition) is 1. The highest BCUT2D eigenvalue weighted by atomic mass is 32.2. The maximum absolute atomic E-state index is 13.1. The number of carbonyl (C=O) groups is 3. The van der Waals surface area contributed by atoms with Crippen molar-refractivity contribution < 1.29 is 22.8 Å². The van der Waals surface area contributed by atoms with E-state index in [0.717, 1.165) is 19.3 Å². The second-order valence-corrected chi connectivity index (χ2v) is 11.0. The molecule has 2 heterocycles. The molecule has 2 atom stereocenters. The molecule has 9 nitrogen and oxygen atoms in total. The van der Waals surface area contributed by atoms with Crippen LogP contribution in [0.1, 0.15) is 49.9 Å². The zero-order chi connectivity index (χ0) is 23.1. The molecule has 10 heteroatoms. The van der Waals surface area contributed by atoms with Crippen molar-refractivity contribution in [2.45, 2.75) is 50.0 Å². The summed E-state index contributed by atoms with van der Waals surface area (Å²) < 4.78 is 27.3. The number of amides is 3. The molecule has 2 saturated heterocycles. The number of piperazine rings is 1. The predicted octanol–water partition coefficient (Wildman–Crippen LogP) is 1.65. The summed E-state index contributed by atoms with van der Waals surface area (Å²) in [5.74, 6) is -0.170. The number of ketones is 1. The van der Waals surface area contributed by atoms with Gasteiger partial charge in [0.2, 0.25) is 10.0 Å². The molecular weight excluding hydrogens is 432 g/mol. The Morgan fingerprint density at radius 1 is 1.09 bits per heavy atom. The van der Waals surface area contributed by atoms with Crippen LogP contribution in [0, 0.1) is 5.92 Å². The van der Waals surface area contributed by atoms with Gasteiger partial charge in [-0.05, 0) is 37.8 Å². The van der Waals surface area contributed by atoms with Crippen LogP contribution in [0.5, 0.6) is 0 Å². The molecule has 1 aliphatic carbocycles. The Bertz CT molecular complexity index is 1020. The molecular formula is C22H30N4O5S. The molecule has 0 radical (unpaired) electrons. The van der Waals surface area contributed by atoms with Crippen LogP contribution in [0.25, 0.3) is 0 Å². The van der Waals surface area contributed by atoms with Crippen molar-refractivity contribution in [3.05, 3.63) is 29.8 Å². The van der Waals surface area contributed by atoms with Gasteiger partial charge in [-0.25, -0.2) is 18.1 Å². The molecule has 1 aromatic rings. The molecule has 1 saturated carbocycles. The van der Waals surface area contributed by atoms with E-state index in [1.165, 1.54) is 40.4 Å². The first-order valence-corrected chi connectivity index (χ1v) is 12.6. The molecule has 0 aromatic heterocycles. The average molecular weight is 463 g/mol. The van der Waals surface area contributed by atoms with Crippen molar-refractivity contribution in [3.8, 4) is 0 Å². The van der Waals surface area contributed by atoms with Crippen LogP contribution in [0.3, 0.4) is 0 Å². The maximum atomic E-state index is 13.1. The van der Waals surface area contributed by atoms with Crippen LogP contribution in [-0.4, -0.2) is 78.6 Å². The number of urea groups is 1. The number of hydrogen-bond acceptors (Lipinski definition) is 6. The largest absolute Gasteiger partial charge is 0.326 e. The van der Waals surface area contributed by atoms with E-state index in [1.54, 1.807) is 0 Å². The molecule has 174 valence electrons. The van der Waals surface area contributed by atoms with Crippen LogP contribution < -0.4 is 5.32 Å². The van der Waals surface area contributed by atoms with Crippen molar-refractivity contribution in [1.82, 2.24) is 19.4 Å². The first-order valence-electron chi connectivity index (χ1n) is 11.1. The molecule has 3 fully saturated rings. The van der Waals surface area contributed by atoms with E-state index in [9.17, 15) is 22.8 Å². The van der Waals surface area contributed by atoms with Crippen LogP contribution in [0.2, 0.25) is 0 Å². The summed E-state index contributed by atoms with van der Waals surface area (Å²) in [7, 11) is -3.67. The lowest BCUT2D eigenvalue weighted by atomic mass is 9.73. The third-order valence-corrected chi connectivity index (χ3v) is 8.99. The minimum atomic E-state index is -3.67. The number of nitrogens with zero attached hydrogens (tertiary/aromatic N) is 3. The number of Topliss-reactive ketones (excluding diaryl/α,β-unsaturated/α-hetero) is 1. The first kappa shape index (κ1) is 22.9. The molecule has 2 unspecified atom stereocenters. The third-order valence-electron chi connectivity index (χ3n) is 7.07. The fourth-order valence-electron chi connectivity index (χ4n) is 4.95. The Morgan fingerprint density at radius 3 is 2.34 bits per heavy atom. The second kappa shape index (κ2) is 8.57. The summed E-state index contributed by atoms with van der Waals surface area (Å²) in [6.45, 7) is 5.00. The minimum absolute atomic E-state index is 0.106. The SMILES string of the molecule is CC(=O)c1ccc(S(=O)(=O)N2CCN(CN3C(=O)NC4(CCCCC4C)C3=O)CC2)cc1. The number of nitrogens with one attached hydrogen (secondary N) is 1. The number of sulfonamides is 1. The standard InChI is InChI=1S/C22H30N4O5S/c1-16-5-3-4-10-22(16)20(28)26(21(29)23-22)15-24-11-13-25(14-12-24)32(30,31)19-8-6-18(7-9-19)17(2)27/h6-9,16H,3-5,10-15H2,1-2H3,(H,23,29). The summed E-state index contributed by atoms with van der Waals surface area (Å²) >= 11 is 0. The van der Waals surface area contributed by atoms with Crippen molar-refractivity contribution in [1.29, 1.82) is 0 Å². The third kappa shape index (κ3) is 3.95. The molecule has 3 aliphatic rings. The highest BCUT2D eigenvalue weighted by molar-refractivity contribution is 7.89. The summed E-state index contributed by atoms with van der Waals surface area (Å²) in [6.07, 6.45) is 3.58. The van der Waals surface area contributed by atoms with Crippen molar-refractivity contribution in [2.24, 2.45) is 5.92 Å². The normalized spacial score (nSPS) is 27.7. The lowest BCUT2D eigenvalue weighted by molar-refractivity contribution is -0.135. The lowest BCUT2D eigenvalue weighted by Crippen LogP contribution is -2.55. The van der Waals surface area contributed by atoms with Gasteiger partial charge < -0.3 is 5.32 Å². The van der Waals surface area contributed by atoms with Crippen LogP contribution >= 0.6 is 0 Å². The van der Waals surface area contributed by atoms with Crippen molar-refractivity contribution in [3.63, 3.8) is 0 Å². The topological polar surface area (TPSA) is 107 Å². The average Bonchev–Trinajstić information content (AvgIpc) is 3.01. The molecule has 2 aliphatic heterocycles. The number of carbonyl (C=O) groups excluding carboxylic acids is 3. The molecule has 4 rings (SSSR count). The fraction of sp³-hybridized carbons (Fsp3) is 0.591. The van der Waals surface area contributed by atoms with Crippen molar-refractivity contribution >= 4 is 27.7 Å². The first-order chi connectivity index (χ1) is 15.1. The van der Waals surface area contributed by atoms with E-state index in [4.69, 9.17) is 0 Å². The van der Waals surface area contributed by atoms with Gasteiger partial charge in [-0.2, -0.15) is 4.31 Å². The van der Waals surface area contributed by atoms with E-state index < -0.39 is 15.6 Å². The summed E-state index contributed by atoms with van der Waals surface area (Å²) in [4.78, 5) is 40.5. The highest BCUT2D eigenvalue weighted by Gasteiger charge is 2.55. The van der Waals surface area contributed by atoms with Gasteiger partial charge in [0, 0.05) is 31.7 Å². The van der Waals surface area contributed by atoms with Crippen LogP contribution in [-0.2, 0) is 14.8 Å². The van der Waals surface area contributed by atoms with Gasteiger partial charge in [0.05, 0.1) is 11.6 Å². The Labute approximate surface area is 188 Å². The predicted molar refractivity (Wildman–Crippen MR) is 117 cm³/mol. The lowest BCUT2D eigenvalue weighted by Gasteiger charge is -2.38. The quantitative estimate of drug-likeness (QED) is 0.527. The highest BCUT2D eigenvalue weighted by Crippen LogP contribution is 2.38. The number of rotatable bonds is 5. The van der Waals surface area contributed by atoms with E-state index in [0.29, 0.717) is 25.1 Å². The van der Waals surface area contributed by atoms with Gasteiger partial charge in [-0.3, -0.25) is 14.5 Å². The molecule has 1 N–H and O–H groups in total. The van der Waals surface area contributed by atoms with Gasteiger partial charge in [0.1, 0.15) is 5.54 Å². The molecule has 3 amide bonds. The molecule has 1 aromatic carbocycles. The summed E-state index contributed by atoms with van der Waals surface area (Å²) in [5.41, 5.74) is -0.320.